The Kier molecular flexibility index (Phi) is 6.10. The van der Waals surface area contributed by atoms with Crippen LogP contribution < -0.4 is 5.73 Å². The second-order valence-corrected chi connectivity index (χ2v) is 2.13. The zero-order chi connectivity index (χ0) is 11.2. The molecule has 0 aromatic carbocycles. The van der Waals surface area contributed by atoms with E-state index in [0.717, 1.165) is 6.26 Å². The predicted octanol–water partition coefficient (Wildman–Crippen LogP) is -1.37. The van der Waals surface area contributed by atoms with Crippen LogP contribution in [0.4, 0.5) is 0 Å². The van der Waals surface area contributed by atoms with Crippen molar-refractivity contribution in [3.8, 4) is 30.5 Å². The summed E-state index contributed by atoms with van der Waals surface area (Å²) in [5.74, 6) is 0. The summed E-state index contributed by atoms with van der Waals surface area (Å²) in [5, 5.41) is 42.4. The number of hydrogen-bond acceptors (Lipinski definition) is 7. The van der Waals surface area contributed by atoms with E-state index in [0.29, 0.717) is 0 Å². The van der Waals surface area contributed by atoms with Crippen molar-refractivity contribution >= 4 is 29.6 Å². The molecule has 0 atom stereocenters. The standard InChI is InChI=1S/C7H2N6O.Na/c8-1-6(13,2-9)7(3-10,4-11)14-5-12;/h13H2;. The second kappa shape index (κ2) is 5.84. The monoisotopic (exact) mass is 209 g/mol. The average molecular weight is 209 g/mol. The number of nitrogens with zero attached hydrogens (tertiary/aromatic N) is 5. The summed E-state index contributed by atoms with van der Waals surface area (Å²) in [4.78, 5) is 0. The topological polar surface area (TPSA) is 154 Å². The van der Waals surface area contributed by atoms with Crippen LogP contribution in [0.25, 0.3) is 0 Å². The summed E-state index contributed by atoms with van der Waals surface area (Å²) >= 11 is 0. The first-order valence-electron chi connectivity index (χ1n) is 3.06. The molecule has 0 rings (SSSR count). The van der Waals surface area contributed by atoms with Gasteiger partial charge in [0.25, 0.3) is 11.8 Å². The molecule has 0 bridgehead atoms. The molecule has 0 fully saturated rings. The van der Waals surface area contributed by atoms with Gasteiger partial charge in [-0.3, -0.25) is 5.73 Å². The van der Waals surface area contributed by atoms with Gasteiger partial charge in [-0.15, -0.1) is 0 Å². The molecule has 15 heavy (non-hydrogen) atoms. The maximum Gasteiger partial charge on any atom is 0.335 e. The van der Waals surface area contributed by atoms with Crippen molar-refractivity contribution in [3.63, 3.8) is 0 Å². The third kappa shape index (κ3) is 2.36. The molecule has 0 aromatic rings. The number of hydrogen-bond donors (Lipinski definition) is 1. The molecule has 0 aliphatic heterocycles. The van der Waals surface area contributed by atoms with Gasteiger partial charge in [0, 0.05) is 29.6 Å². The van der Waals surface area contributed by atoms with Crippen LogP contribution in [0, 0.1) is 56.8 Å². The van der Waals surface area contributed by atoms with E-state index in [1.54, 1.807) is 0 Å². The Hall–Kier alpha value is -1.79. The van der Waals surface area contributed by atoms with Crippen LogP contribution in [-0.4, -0.2) is 40.7 Å². The summed E-state index contributed by atoms with van der Waals surface area (Å²) in [6.07, 6.45) is 1.06. The summed E-state index contributed by atoms with van der Waals surface area (Å²) in [7, 11) is 0. The Morgan fingerprint density at radius 1 is 0.867 bits per heavy atom. The van der Waals surface area contributed by atoms with Crippen LogP contribution in [0.2, 0.25) is 0 Å². The van der Waals surface area contributed by atoms with Gasteiger partial charge in [-0.05, 0) is 0 Å². The summed E-state index contributed by atoms with van der Waals surface area (Å²) in [6.45, 7) is 0. The molecule has 0 unspecified atom stereocenters. The van der Waals surface area contributed by atoms with Gasteiger partial charge in [-0.25, -0.2) is 0 Å². The van der Waals surface area contributed by atoms with Crippen LogP contribution >= 0.6 is 0 Å². The summed E-state index contributed by atoms with van der Waals surface area (Å²) < 4.78 is 4.09. The van der Waals surface area contributed by atoms with E-state index in [-0.39, 0.29) is 29.6 Å². The fraction of sp³-hybridized carbons (Fsp3) is 0.286. The minimum absolute atomic E-state index is 0. The van der Waals surface area contributed by atoms with Crippen molar-refractivity contribution in [2.45, 2.75) is 11.1 Å². The molecule has 0 amide bonds. The Morgan fingerprint density at radius 2 is 1.27 bits per heavy atom. The first-order chi connectivity index (χ1) is 6.55. The van der Waals surface area contributed by atoms with Gasteiger partial charge in [0.1, 0.15) is 24.3 Å². The minimum Gasteiger partial charge on any atom is -0.385 e. The van der Waals surface area contributed by atoms with E-state index >= 15 is 0 Å². The van der Waals surface area contributed by atoms with Gasteiger partial charge in [-0.2, -0.15) is 26.3 Å². The fourth-order valence-electron chi connectivity index (χ4n) is 0.578. The molecule has 0 saturated heterocycles. The summed E-state index contributed by atoms with van der Waals surface area (Å²) in [5.41, 5.74) is 0.0260. The van der Waals surface area contributed by atoms with Crippen molar-refractivity contribution in [1.29, 1.82) is 26.3 Å². The largest absolute Gasteiger partial charge is 0.385 e. The first-order valence-corrected chi connectivity index (χ1v) is 3.06. The smallest absolute Gasteiger partial charge is 0.335 e. The van der Waals surface area contributed by atoms with E-state index in [4.69, 9.17) is 32.0 Å². The molecule has 8 heteroatoms. The molecule has 0 aliphatic carbocycles. The molecule has 0 spiro atoms. The Bertz CT molecular complexity index is 411. The van der Waals surface area contributed by atoms with Gasteiger partial charge >= 0.3 is 5.60 Å². The van der Waals surface area contributed by atoms with Gasteiger partial charge < -0.3 is 4.74 Å². The van der Waals surface area contributed by atoms with E-state index < -0.39 is 11.1 Å². The fourth-order valence-corrected chi connectivity index (χ4v) is 0.578. The average Bonchev–Trinajstić information content (AvgIpc) is 2.24. The van der Waals surface area contributed by atoms with Crippen LogP contribution in [0.3, 0.4) is 0 Å². The van der Waals surface area contributed by atoms with Crippen molar-refractivity contribution in [2.24, 2.45) is 5.73 Å². The second-order valence-electron chi connectivity index (χ2n) is 2.13. The molecular weight excluding hydrogens is 207 g/mol. The SMILES string of the molecule is N#COC(C#N)(C#N)C(N)(C#N)C#N.[Na]. The Labute approximate surface area is 108 Å². The minimum atomic E-state index is -2.61. The van der Waals surface area contributed by atoms with Crippen molar-refractivity contribution < 1.29 is 4.74 Å². The van der Waals surface area contributed by atoms with Crippen LogP contribution in [0.5, 0.6) is 0 Å². The van der Waals surface area contributed by atoms with Gasteiger partial charge in [0.2, 0.25) is 0 Å². The molecule has 67 valence electrons. The van der Waals surface area contributed by atoms with E-state index in [1.807, 2.05) is 0 Å². The number of nitrogens with two attached hydrogens (primary N) is 1. The van der Waals surface area contributed by atoms with E-state index in [1.165, 1.54) is 24.3 Å². The first kappa shape index (κ1) is 15.7. The van der Waals surface area contributed by atoms with Crippen LogP contribution in [0.15, 0.2) is 0 Å². The maximum absolute atomic E-state index is 8.57. The Balaban J connectivity index is 0. The van der Waals surface area contributed by atoms with Crippen molar-refractivity contribution in [2.75, 3.05) is 0 Å². The quantitative estimate of drug-likeness (QED) is 0.434. The predicted molar refractivity (Wildman–Crippen MR) is 44.6 cm³/mol. The maximum atomic E-state index is 8.57. The van der Waals surface area contributed by atoms with E-state index in [9.17, 15) is 0 Å². The molecule has 0 aromatic heterocycles. The number of nitriles is 5. The van der Waals surface area contributed by atoms with Gasteiger partial charge in [-0.1, -0.05) is 0 Å². The molecule has 0 saturated carbocycles. The molecule has 0 heterocycles. The van der Waals surface area contributed by atoms with E-state index in [2.05, 4.69) is 4.74 Å². The molecule has 7 nitrogen and oxygen atoms in total. The molecule has 1 radical (unpaired) electrons. The zero-order valence-corrected chi connectivity index (χ0v) is 9.72. The third-order valence-corrected chi connectivity index (χ3v) is 1.42. The molecule has 0 aliphatic rings. The van der Waals surface area contributed by atoms with Gasteiger partial charge in [0.15, 0.2) is 0 Å². The zero-order valence-electron chi connectivity index (χ0n) is 7.72. The molecular formula is C7H2N6NaO. The number of ether oxygens (including phenoxy) is 1. The van der Waals surface area contributed by atoms with Crippen molar-refractivity contribution in [3.05, 3.63) is 0 Å². The summed E-state index contributed by atoms with van der Waals surface area (Å²) in [6, 6.07) is 4.97. The Morgan fingerprint density at radius 3 is 1.47 bits per heavy atom. The van der Waals surface area contributed by atoms with Crippen LogP contribution in [0.1, 0.15) is 0 Å². The molecule has 2 N–H and O–H groups in total. The normalized spacial score (nSPS) is 8.80. The number of rotatable bonds is 2. The van der Waals surface area contributed by atoms with Crippen LogP contribution in [-0.2, 0) is 4.74 Å². The van der Waals surface area contributed by atoms with Crippen molar-refractivity contribution in [1.82, 2.24) is 0 Å². The van der Waals surface area contributed by atoms with Gasteiger partial charge in [0.05, 0.1) is 0 Å². The third-order valence-electron chi connectivity index (χ3n) is 1.42.